The summed E-state index contributed by atoms with van der Waals surface area (Å²) in [6, 6.07) is 12.1. The number of hydrogen-bond donors (Lipinski definition) is 2. The van der Waals surface area contributed by atoms with Crippen molar-refractivity contribution in [2.75, 3.05) is 7.05 Å². The Hall–Kier alpha value is -2.22. The van der Waals surface area contributed by atoms with E-state index >= 15 is 0 Å². The molecule has 3 rings (SSSR count). The SMILES string of the molecule is CN1C=CC(C(=O)NCc2ccccc2-c2ccc(Cl)c(Cl)c2)(C(F)(F)F)N1. The number of alkyl halides is 3. The van der Waals surface area contributed by atoms with Crippen molar-refractivity contribution in [1.29, 1.82) is 0 Å². The van der Waals surface area contributed by atoms with Crippen molar-refractivity contribution < 1.29 is 18.0 Å². The number of nitrogens with one attached hydrogen (secondary N) is 2. The Balaban J connectivity index is 1.84. The number of nitrogens with zero attached hydrogens (tertiary/aromatic N) is 1. The van der Waals surface area contributed by atoms with E-state index in [1.165, 1.54) is 7.05 Å². The molecule has 4 nitrogen and oxygen atoms in total. The Kier molecular flexibility index (Phi) is 5.61. The van der Waals surface area contributed by atoms with Crippen molar-refractivity contribution in [1.82, 2.24) is 15.8 Å². The molecule has 0 saturated heterocycles. The quantitative estimate of drug-likeness (QED) is 0.749. The van der Waals surface area contributed by atoms with Crippen LogP contribution in [-0.4, -0.2) is 29.7 Å². The molecule has 2 aromatic rings. The van der Waals surface area contributed by atoms with Gasteiger partial charge in [0.1, 0.15) is 0 Å². The van der Waals surface area contributed by atoms with E-state index in [9.17, 15) is 18.0 Å². The van der Waals surface area contributed by atoms with Gasteiger partial charge in [-0.05, 0) is 34.9 Å². The van der Waals surface area contributed by atoms with Crippen LogP contribution in [0.2, 0.25) is 10.0 Å². The number of carbonyl (C=O) groups excluding carboxylic acids is 1. The summed E-state index contributed by atoms with van der Waals surface area (Å²) < 4.78 is 40.7. The lowest BCUT2D eigenvalue weighted by Crippen LogP contribution is -2.64. The average Bonchev–Trinajstić information content (AvgIpc) is 3.05. The minimum Gasteiger partial charge on any atom is -0.350 e. The Bertz CT molecular complexity index is 933. The molecular weight excluding hydrogens is 414 g/mol. The van der Waals surface area contributed by atoms with E-state index in [1.54, 1.807) is 42.5 Å². The molecule has 1 amide bonds. The number of rotatable bonds is 4. The number of benzene rings is 2. The third kappa shape index (κ3) is 3.83. The molecule has 2 aromatic carbocycles. The molecule has 28 heavy (non-hydrogen) atoms. The lowest BCUT2D eigenvalue weighted by Gasteiger charge is -2.30. The molecule has 0 radical (unpaired) electrons. The molecule has 0 aliphatic carbocycles. The van der Waals surface area contributed by atoms with Gasteiger partial charge in [-0.15, -0.1) is 0 Å². The van der Waals surface area contributed by atoms with Crippen LogP contribution >= 0.6 is 23.2 Å². The van der Waals surface area contributed by atoms with Crippen LogP contribution in [-0.2, 0) is 11.3 Å². The summed E-state index contributed by atoms with van der Waals surface area (Å²) in [4.78, 5) is 12.5. The van der Waals surface area contributed by atoms with E-state index in [2.05, 4.69) is 10.7 Å². The topological polar surface area (TPSA) is 44.4 Å². The molecule has 148 valence electrons. The van der Waals surface area contributed by atoms with Crippen LogP contribution in [0.5, 0.6) is 0 Å². The highest BCUT2D eigenvalue weighted by Crippen LogP contribution is 2.35. The zero-order chi connectivity index (χ0) is 20.5. The minimum atomic E-state index is -4.80. The van der Waals surface area contributed by atoms with Crippen LogP contribution in [0, 0.1) is 0 Å². The van der Waals surface area contributed by atoms with Crippen molar-refractivity contribution in [2.24, 2.45) is 0 Å². The lowest BCUT2D eigenvalue weighted by atomic mass is 9.97. The summed E-state index contributed by atoms with van der Waals surface area (Å²) in [7, 11) is 1.39. The predicted octanol–water partition coefficient (Wildman–Crippen LogP) is 4.54. The molecule has 2 N–H and O–H groups in total. The van der Waals surface area contributed by atoms with Crippen molar-refractivity contribution >= 4 is 29.1 Å². The Morgan fingerprint density at radius 3 is 2.50 bits per heavy atom. The van der Waals surface area contributed by atoms with Crippen LogP contribution < -0.4 is 10.7 Å². The number of hydrazine groups is 1. The fourth-order valence-corrected chi connectivity index (χ4v) is 3.22. The minimum absolute atomic E-state index is 0.0910. The fraction of sp³-hybridized carbons (Fsp3) is 0.211. The first-order valence-electron chi connectivity index (χ1n) is 8.22. The van der Waals surface area contributed by atoms with Gasteiger partial charge in [0.05, 0.1) is 10.0 Å². The maximum Gasteiger partial charge on any atom is 0.421 e. The van der Waals surface area contributed by atoms with E-state index in [4.69, 9.17) is 23.2 Å². The largest absolute Gasteiger partial charge is 0.421 e. The van der Waals surface area contributed by atoms with E-state index in [1.807, 2.05) is 0 Å². The molecule has 0 saturated carbocycles. The summed E-state index contributed by atoms with van der Waals surface area (Å²) in [6.45, 7) is -0.0910. The van der Waals surface area contributed by atoms with E-state index in [-0.39, 0.29) is 6.54 Å². The summed E-state index contributed by atoms with van der Waals surface area (Å²) in [5, 5.41) is 4.23. The second-order valence-electron chi connectivity index (χ2n) is 6.31. The first-order valence-corrected chi connectivity index (χ1v) is 8.98. The third-order valence-electron chi connectivity index (χ3n) is 4.39. The van der Waals surface area contributed by atoms with Gasteiger partial charge in [-0.25, -0.2) is 5.43 Å². The van der Waals surface area contributed by atoms with Crippen molar-refractivity contribution in [2.45, 2.75) is 18.3 Å². The fourth-order valence-electron chi connectivity index (χ4n) is 2.92. The first kappa shape index (κ1) is 20.5. The molecule has 1 aliphatic heterocycles. The number of hydrogen-bond acceptors (Lipinski definition) is 3. The summed E-state index contributed by atoms with van der Waals surface area (Å²) >= 11 is 12.0. The number of amides is 1. The third-order valence-corrected chi connectivity index (χ3v) is 5.13. The second-order valence-corrected chi connectivity index (χ2v) is 7.13. The summed E-state index contributed by atoms with van der Waals surface area (Å²) in [5.41, 5.74) is 1.46. The van der Waals surface area contributed by atoms with Gasteiger partial charge in [0.2, 0.25) is 5.54 Å². The molecule has 0 bridgehead atoms. The molecule has 9 heteroatoms. The Labute approximate surface area is 169 Å². The number of carbonyl (C=O) groups is 1. The molecule has 1 atom stereocenters. The Morgan fingerprint density at radius 1 is 1.18 bits per heavy atom. The van der Waals surface area contributed by atoms with Gasteiger partial charge in [0.15, 0.2) is 0 Å². The molecule has 1 unspecified atom stereocenters. The standard InChI is InChI=1S/C19H16Cl2F3N3O/c1-27-9-8-18(26-27,19(22,23)24)17(28)25-11-13-4-2-3-5-14(13)12-6-7-15(20)16(21)10-12/h2-10,26H,11H2,1H3,(H,25,28). The zero-order valence-electron chi connectivity index (χ0n) is 14.6. The zero-order valence-corrected chi connectivity index (χ0v) is 16.2. The van der Waals surface area contributed by atoms with Crippen LogP contribution in [0.25, 0.3) is 11.1 Å². The van der Waals surface area contributed by atoms with E-state index < -0.39 is 17.6 Å². The van der Waals surface area contributed by atoms with Gasteiger partial charge in [-0.2, -0.15) is 13.2 Å². The van der Waals surface area contributed by atoms with Crippen molar-refractivity contribution in [3.8, 4) is 11.1 Å². The van der Waals surface area contributed by atoms with Gasteiger partial charge >= 0.3 is 6.18 Å². The van der Waals surface area contributed by atoms with Crippen LogP contribution in [0.1, 0.15) is 5.56 Å². The number of halogens is 5. The van der Waals surface area contributed by atoms with Gasteiger partial charge in [-0.3, -0.25) is 4.79 Å². The molecule has 0 aromatic heterocycles. The smallest absolute Gasteiger partial charge is 0.350 e. The van der Waals surface area contributed by atoms with Crippen LogP contribution in [0.3, 0.4) is 0 Å². The second kappa shape index (κ2) is 7.66. The van der Waals surface area contributed by atoms with Gasteiger partial charge < -0.3 is 10.3 Å². The maximum absolute atomic E-state index is 13.6. The molecule has 0 fully saturated rings. The molecule has 1 aliphatic rings. The van der Waals surface area contributed by atoms with Crippen LogP contribution in [0.15, 0.2) is 54.7 Å². The summed E-state index contributed by atoms with van der Waals surface area (Å²) in [5.74, 6) is -1.19. The van der Waals surface area contributed by atoms with Gasteiger partial charge in [0.25, 0.3) is 5.91 Å². The van der Waals surface area contributed by atoms with Crippen LogP contribution in [0.4, 0.5) is 13.2 Å². The van der Waals surface area contributed by atoms with E-state index in [0.717, 1.165) is 28.4 Å². The van der Waals surface area contributed by atoms with Gasteiger partial charge in [-0.1, -0.05) is 53.5 Å². The highest BCUT2D eigenvalue weighted by atomic mass is 35.5. The van der Waals surface area contributed by atoms with Crippen molar-refractivity contribution in [3.63, 3.8) is 0 Å². The lowest BCUT2D eigenvalue weighted by molar-refractivity contribution is -0.192. The highest BCUT2D eigenvalue weighted by molar-refractivity contribution is 6.42. The summed E-state index contributed by atoms with van der Waals surface area (Å²) in [6.07, 6.45) is -2.84. The Morgan fingerprint density at radius 2 is 1.89 bits per heavy atom. The predicted molar refractivity (Wildman–Crippen MR) is 103 cm³/mol. The highest BCUT2D eigenvalue weighted by Gasteiger charge is 2.61. The maximum atomic E-state index is 13.6. The van der Waals surface area contributed by atoms with Crippen molar-refractivity contribution in [3.05, 3.63) is 70.3 Å². The molecular formula is C19H16Cl2F3N3O. The normalized spacial score (nSPS) is 19.1. The molecule has 1 heterocycles. The first-order chi connectivity index (χ1) is 13.1. The molecule has 0 spiro atoms. The van der Waals surface area contributed by atoms with E-state index in [0.29, 0.717) is 15.6 Å². The average molecular weight is 430 g/mol. The monoisotopic (exact) mass is 429 g/mol. The van der Waals surface area contributed by atoms with Gasteiger partial charge in [0, 0.05) is 19.8 Å².